The van der Waals surface area contributed by atoms with Gasteiger partial charge in [-0.05, 0) is 37.8 Å². The number of nitrogens with zero attached hydrogens (tertiary/aromatic N) is 3. The van der Waals surface area contributed by atoms with Crippen LogP contribution in [0.1, 0.15) is 62.1 Å². The average molecular weight is 396 g/mol. The number of piperidine rings is 1. The third-order valence-electron chi connectivity index (χ3n) is 6.28. The smallest absolute Gasteiger partial charge is 0.319 e. The van der Waals surface area contributed by atoms with E-state index in [1.54, 1.807) is 0 Å². The molecule has 0 spiro atoms. The lowest BCUT2D eigenvalue weighted by Gasteiger charge is -2.32. The molecular formula is C23H33N5O. The highest BCUT2D eigenvalue weighted by Gasteiger charge is 2.25. The van der Waals surface area contributed by atoms with E-state index in [0.29, 0.717) is 5.92 Å². The summed E-state index contributed by atoms with van der Waals surface area (Å²) in [4.78, 5) is 14.7. The Morgan fingerprint density at radius 3 is 2.52 bits per heavy atom. The van der Waals surface area contributed by atoms with E-state index >= 15 is 0 Å². The molecule has 6 nitrogen and oxygen atoms in total. The van der Waals surface area contributed by atoms with Gasteiger partial charge in [0.15, 0.2) is 0 Å². The van der Waals surface area contributed by atoms with Crippen LogP contribution in [0.4, 0.5) is 10.5 Å². The summed E-state index contributed by atoms with van der Waals surface area (Å²) in [5.74, 6) is 0.640. The molecule has 1 aliphatic carbocycles. The minimum absolute atomic E-state index is 0.110. The first-order chi connectivity index (χ1) is 14.2. The van der Waals surface area contributed by atoms with Gasteiger partial charge in [-0.1, -0.05) is 37.5 Å². The Labute approximate surface area is 173 Å². The van der Waals surface area contributed by atoms with Crippen LogP contribution in [0.5, 0.6) is 0 Å². The van der Waals surface area contributed by atoms with Crippen molar-refractivity contribution in [2.45, 2.75) is 63.5 Å². The molecule has 2 amide bonds. The minimum atomic E-state index is -0.110. The van der Waals surface area contributed by atoms with Gasteiger partial charge in [0.2, 0.25) is 0 Å². The predicted octanol–water partition coefficient (Wildman–Crippen LogP) is 4.25. The number of aromatic nitrogens is 2. The second-order valence-electron chi connectivity index (χ2n) is 8.56. The van der Waals surface area contributed by atoms with Crippen molar-refractivity contribution >= 4 is 11.7 Å². The van der Waals surface area contributed by atoms with Crippen LogP contribution in [-0.2, 0) is 13.6 Å². The summed E-state index contributed by atoms with van der Waals surface area (Å²) in [5, 5.41) is 10.9. The van der Waals surface area contributed by atoms with Crippen molar-refractivity contribution < 1.29 is 4.79 Å². The number of hydrogen-bond acceptors (Lipinski definition) is 3. The Morgan fingerprint density at radius 1 is 1.07 bits per heavy atom. The Balaban J connectivity index is 1.26. The monoisotopic (exact) mass is 395 g/mol. The number of amides is 2. The zero-order chi connectivity index (χ0) is 20.1. The maximum Gasteiger partial charge on any atom is 0.319 e. The van der Waals surface area contributed by atoms with Gasteiger partial charge in [0, 0.05) is 56.1 Å². The number of rotatable bonds is 5. The molecule has 1 saturated carbocycles. The predicted molar refractivity (Wildman–Crippen MR) is 116 cm³/mol. The molecule has 2 N–H and O–H groups in total. The maximum absolute atomic E-state index is 12.2. The molecule has 0 bridgehead atoms. The lowest BCUT2D eigenvalue weighted by molar-refractivity contribution is 0.189. The van der Waals surface area contributed by atoms with Crippen molar-refractivity contribution in [2.75, 3.05) is 18.4 Å². The number of anilines is 1. The summed E-state index contributed by atoms with van der Waals surface area (Å²) in [5.41, 5.74) is 3.55. The van der Waals surface area contributed by atoms with Crippen LogP contribution in [0.3, 0.4) is 0 Å². The number of para-hydroxylation sites is 1. The van der Waals surface area contributed by atoms with Gasteiger partial charge < -0.3 is 10.6 Å². The number of hydrogen-bond donors (Lipinski definition) is 2. The molecule has 2 heterocycles. The first kappa shape index (κ1) is 20.0. The van der Waals surface area contributed by atoms with Gasteiger partial charge in [-0.3, -0.25) is 9.58 Å². The lowest BCUT2D eigenvalue weighted by Crippen LogP contribution is -2.45. The Morgan fingerprint density at radius 2 is 1.79 bits per heavy atom. The van der Waals surface area contributed by atoms with Crippen LogP contribution in [0.2, 0.25) is 0 Å². The fraction of sp³-hybridized carbons (Fsp3) is 0.565. The topological polar surface area (TPSA) is 62.2 Å². The molecule has 1 saturated heterocycles. The molecule has 0 atom stereocenters. The Kier molecular flexibility index (Phi) is 6.49. The Bertz CT molecular complexity index is 789. The Hall–Kier alpha value is -2.34. The van der Waals surface area contributed by atoms with Crippen LogP contribution in [0, 0.1) is 0 Å². The van der Waals surface area contributed by atoms with E-state index in [-0.39, 0.29) is 12.1 Å². The van der Waals surface area contributed by atoms with E-state index in [2.05, 4.69) is 21.7 Å². The number of likely N-dealkylation sites (tertiary alicyclic amines) is 1. The molecule has 156 valence electrons. The molecule has 2 fully saturated rings. The van der Waals surface area contributed by atoms with Crippen molar-refractivity contribution in [3.05, 3.63) is 47.8 Å². The number of benzene rings is 1. The molecule has 2 aliphatic rings. The van der Waals surface area contributed by atoms with Gasteiger partial charge in [0.25, 0.3) is 0 Å². The van der Waals surface area contributed by atoms with Gasteiger partial charge in [-0.2, -0.15) is 5.10 Å². The number of aryl methyl sites for hydroxylation is 1. The quantitative estimate of drug-likeness (QED) is 0.795. The molecule has 29 heavy (non-hydrogen) atoms. The van der Waals surface area contributed by atoms with Crippen LogP contribution in [0.25, 0.3) is 0 Å². The summed E-state index contributed by atoms with van der Waals surface area (Å²) < 4.78 is 1.99. The number of carbonyl (C=O) groups excluding carboxylic acids is 1. The third kappa shape index (κ3) is 5.38. The largest absolute Gasteiger partial charge is 0.335 e. The zero-order valence-corrected chi connectivity index (χ0v) is 17.4. The minimum Gasteiger partial charge on any atom is -0.335 e. The van der Waals surface area contributed by atoms with Gasteiger partial charge in [-0.25, -0.2) is 4.79 Å². The summed E-state index contributed by atoms with van der Waals surface area (Å²) in [7, 11) is 2.04. The van der Waals surface area contributed by atoms with Gasteiger partial charge in [-0.15, -0.1) is 0 Å². The van der Waals surface area contributed by atoms with Crippen molar-refractivity contribution in [2.24, 2.45) is 7.05 Å². The molecular weight excluding hydrogens is 362 g/mol. The normalized spacial score (nSPS) is 19.2. The first-order valence-corrected chi connectivity index (χ1v) is 11.0. The summed E-state index contributed by atoms with van der Waals surface area (Å²) in [6.45, 7) is 2.99. The van der Waals surface area contributed by atoms with Crippen molar-refractivity contribution in [1.82, 2.24) is 20.0 Å². The highest BCUT2D eigenvalue weighted by Crippen LogP contribution is 2.34. The zero-order valence-electron chi connectivity index (χ0n) is 17.4. The summed E-state index contributed by atoms with van der Waals surface area (Å²) >= 11 is 0. The van der Waals surface area contributed by atoms with Crippen LogP contribution < -0.4 is 10.6 Å². The molecule has 2 aromatic rings. The second kappa shape index (κ2) is 9.44. The van der Waals surface area contributed by atoms with E-state index in [4.69, 9.17) is 5.10 Å². The number of carbonyl (C=O) groups is 1. The van der Waals surface area contributed by atoms with Crippen LogP contribution in [-0.4, -0.2) is 39.8 Å². The highest BCUT2D eigenvalue weighted by atomic mass is 16.2. The van der Waals surface area contributed by atoms with Crippen LogP contribution >= 0.6 is 0 Å². The fourth-order valence-electron chi connectivity index (χ4n) is 4.75. The molecule has 1 aliphatic heterocycles. The summed E-state index contributed by atoms with van der Waals surface area (Å²) in [6, 6.07) is 9.73. The van der Waals surface area contributed by atoms with Gasteiger partial charge >= 0.3 is 6.03 Å². The van der Waals surface area contributed by atoms with E-state index in [1.807, 2.05) is 42.1 Å². The van der Waals surface area contributed by atoms with Crippen molar-refractivity contribution in [1.29, 1.82) is 0 Å². The first-order valence-electron chi connectivity index (χ1n) is 11.0. The van der Waals surface area contributed by atoms with Crippen LogP contribution in [0.15, 0.2) is 36.5 Å². The van der Waals surface area contributed by atoms with E-state index in [0.717, 1.165) is 38.2 Å². The average Bonchev–Trinajstić information content (AvgIpc) is 3.11. The van der Waals surface area contributed by atoms with E-state index in [1.165, 1.54) is 43.4 Å². The molecule has 1 aromatic carbocycles. The van der Waals surface area contributed by atoms with Crippen molar-refractivity contribution in [3.63, 3.8) is 0 Å². The summed E-state index contributed by atoms with van der Waals surface area (Å²) in [6.07, 6.45) is 10.8. The van der Waals surface area contributed by atoms with E-state index < -0.39 is 0 Å². The van der Waals surface area contributed by atoms with Gasteiger partial charge in [0.1, 0.15) is 0 Å². The molecule has 0 radical (unpaired) electrons. The molecule has 0 unspecified atom stereocenters. The number of nitrogens with one attached hydrogen (secondary N) is 2. The van der Waals surface area contributed by atoms with Crippen molar-refractivity contribution in [3.8, 4) is 0 Å². The van der Waals surface area contributed by atoms with Gasteiger partial charge in [0.05, 0.1) is 5.69 Å². The molecule has 4 rings (SSSR count). The standard InChI is InChI=1S/C23H33N5O/c1-27-16-19(22(26-27)18-8-4-2-5-9-18)17-28-14-12-21(13-15-28)25-23(29)24-20-10-6-3-7-11-20/h3,6-7,10-11,16,18,21H,2,4-5,8-9,12-15,17H2,1H3,(H2,24,25,29). The highest BCUT2D eigenvalue weighted by molar-refractivity contribution is 5.89. The maximum atomic E-state index is 12.2. The SMILES string of the molecule is Cn1cc(CN2CCC(NC(=O)Nc3ccccc3)CC2)c(C2CCCCC2)n1. The van der Waals surface area contributed by atoms with E-state index in [9.17, 15) is 4.79 Å². The second-order valence-corrected chi connectivity index (χ2v) is 8.56. The molecule has 1 aromatic heterocycles. The lowest BCUT2D eigenvalue weighted by atomic mass is 9.85. The molecule has 6 heteroatoms. The third-order valence-corrected chi connectivity index (χ3v) is 6.28. The number of urea groups is 1. The fourth-order valence-corrected chi connectivity index (χ4v) is 4.75.